The molecule has 0 fully saturated rings. The monoisotopic (exact) mass is 425 g/mol. The lowest BCUT2D eigenvalue weighted by atomic mass is 9.90. The van der Waals surface area contributed by atoms with Crippen molar-refractivity contribution in [3.63, 3.8) is 0 Å². The number of carbonyl (C=O) groups is 1. The van der Waals surface area contributed by atoms with E-state index in [2.05, 4.69) is 46.6 Å². The molecule has 0 radical (unpaired) electrons. The van der Waals surface area contributed by atoms with E-state index in [4.69, 9.17) is 4.74 Å². The summed E-state index contributed by atoms with van der Waals surface area (Å²) in [5.41, 5.74) is 6.61. The van der Waals surface area contributed by atoms with Gasteiger partial charge in [-0.25, -0.2) is 4.98 Å². The summed E-state index contributed by atoms with van der Waals surface area (Å²) in [6.07, 6.45) is 5.19. The molecule has 0 aliphatic carbocycles. The van der Waals surface area contributed by atoms with Crippen molar-refractivity contribution in [1.29, 1.82) is 0 Å². The zero-order valence-electron chi connectivity index (χ0n) is 18.5. The van der Waals surface area contributed by atoms with Gasteiger partial charge in [-0.1, -0.05) is 48.5 Å². The third-order valence-corrected chi connectivity index (χ3v) is 6.49. The number of nitrogens with zero attached hydrogens (tertiary/aromatic N) is 3. The van der Waals surface area contributed by atoms with Gasteiger partial charge in [0, 0.05) is 43.4 Å². The second kappa shape index (κ2) is 8.50. The van der Waals surface area contributed by atoms with Crippen LogP contribution in [-0.4, -0.2) is 33.8 Å². The highest BCUT2D eigenvalue weighted by Crippen LogP contribution is 2.36. The largest absolute Gasteiger partial charge is 0.496 e. The smallest absolute Gasteiger partial charge is 0.223 e. The van der Waals surface area contributed by atoms with E-state index in [0.717, 1.165) is 41.2 Å². The highest BCUT2D eigenvalue weighted by molar-refractivity contribution is 5.78. The summed E-state index contributed by atoms with van der Waals surface area (Å²) in [5.74, 6) is 0.780. The molecule has 0 unspecified atom stereocenters. The van der Waals surface area contributed by atoms with Crippen LogP contribution in [0.1, 0.15) is 40.3 Å². The molecule has 0 spiro atoms. The van der Waals surface area contributed by atoms with Gasteiger partial charge in [0.2, 0.25) is 5.91 Å². The van der Waals surface area contributed by atoms with Gasteiger partial charge in [-0.15, -0.1) is 0 Å². The van der Waals surface area contributed by atoms with Crippen LogP contribution < -0.4 is 4.74 Å². The number of para-hydroxylation sites is 1. The topological polar surface area (TPSA) is 46.8 Å². The van der Waals surface area contributed by atoms with Crippen molar-refractivity contribution in [2.45, 2.75) is 32.2 Å². The number of benzene rings is 2. The summed E-state index contributed by atoms with van der Waals surface area (Å²) in [6, 6.07) is 20.5. The molecule has 2 aromatic heterocycles. The van der Waals surface area contributed by atoms with E-state index in [1.165, 1.54) is 11.1 Å². The number of amides is 1. The lowest BCUT2D eigenvalue weighted by molar-refractivity contribution is -0.132. The van der Waals surface area contributed by atoms with Gasteiger partial charge in [0.25, 0.3) is 0 Å². The Bertz CT molecular complexity index is 1280. The minimum Gasteiger partial charge on any atom is -0.496 e. The number of methoxy groups -OCH3 is 1. The van der Waals surface area contributed by atoms with Crippen molar-refractivity contribution in [3.8, 4) is 5.75 Å². The number of aromatic nitrogens is 2. The minimum atomic E-state index is -0.160. The van der Waals surface area contributed by atoms with Gasteiger partial charge < -0.3 is 14.0 Å². The summed E-state index contributed by atoms with van der Waals surface area (Å²) in [4.78, 5) is 20.2. The number of hydrogen-bond acceptors (Lipinski definition) is 3. The maximum Gasteiger partial charge on any atom is 0.223 e. The molecule has 0 saturated carbocycles. The van der Waals surface area contributed by atoms with Gasteiger partial charge in [-0.05, 0) is 42.2 Å². The molecule has 3 heterocycles. The molecule has 1 amide bonds. The second-order valence-corrected chi connectivity index (χ2v) is 8.40. The quantitative estimate of drug-likeness (QED) is 0.463. The molecular formula is C27H27N3O2. The Balaban J connectivity index is 1.52. The maximum absolute atomic E-state index is 13.5. The summed E-state index contributed by atoms with van der Waals surface area (Å²) < 4.78 is 7.78. The van der Waals surface area contributed by atoms with E-state index in [1.807, 2.05) is 47.6 Å². The summed E-state index contributed by atoms with van der Waals surface area (Å²) in [7, 11) is 1.68. The molecule has 2 aromatic carbocycles. The molecule has 1 aliphatic rings. The fourth-order valence-electron chi connectivity index (χ4n) is 4.77. The van der Waals surface area contributed by atoms with Crippen molar-refractivity contribution in [3.05, 3.63) is 101 Å². The molecule has 0 saturated heterocycles. The summed E-state index contributed by atoms with van der Waals surface area (Å²) in [5, 5.41) is 0. The Morgan fingerprint density at radius 2 is 1.84 bits per heavy atom. The number of pyridine rings is 1. The minimum absolute atomic E-state index is 0.151. The Morgan fingerprint density at radius 1 is 1.06 bits per heavy atom. The fourth-order valence-corrected chi connectivity index (χ4v) is 4.77. The standard InChI is InChI=1S/C27H27N3O2/c1-19-8-7-14-30-24(17-28-27(19)30)23(22-11-5-6-12-25(22)32-2)16-26(31)29-15-13-20-9-3-4-10-21(20)18-29/h3-12,14,17,23H,13,15-16,18H2,1-2H3/t23-/m1/s1. The molecule has 5 rings (SSSR count). The average molecular weight is 426 g/mol. The van der Waals surface area contributed by atoms with E-state index in [1.54, 1.807) is 7.11 Å². The lowest BCUT2D eigenvalue weighted by Crippen LogP contribution is -2.36. The number of fused-ring (bicyclic) bond motifs is 2. The predicted molar refractivity (Wildman–Crippen MR) is 125 cm³/mol. The van der Waals surface area contributed by atoms with Crippen LogP contribution in [0.3, 0.4) is 0 Å². The number of aryl methyl sites for hydroxylation is 1. The first-order chi connectivity index (χ1) is 15.7. The third-order valence-electron chi connectivity index (χ3n) is 6.49. The van der Waals surface area contributed by atoms with Crippen molar-refractivity contribution >= 4 is 11.6 Å². The normalized spacial score (nSPS) is 14.2. The average Bonchev–Trinajstić information content (AvgIpc) is 3.27. The molecule has 32 heavy (non-hydrogen) atoms. The van der Waals surface area contributed by atoms with Crippen molar-refractivity contribution in [2.24, 2.45) is 0 Å². The van der Waals surface area contributed by atoms with Crippen LogP contribution in [0.15, 0.2) is 73.1 Å². The highest BCUT2D eigenvalue weighted by Gasteiger charge is 2.28. The first-order valence-electron chi connectivity index (χ1n) is 11.1. The number of carbonyl (C=O) groups excluding carboxylic acids is 1. The SMILES string of the molecule is COc1ccccc1[C@@H](CC(=O)N1CCc2ccccc2C1)c1cnc2c(C)cccn12. The second-order valence-electron chi connectivity index (χ2n) is 8.40. The molecule has 5 nitrogen and oxygen atoms in total. The lowest BCUT2D eigenvalue weighted by Gasteiger charge is -2.30. The van der Waals surface area contributed by atoms with Crippen LogP contribution in [0.25, 0.3) is 5.65 Å². The molecule has 5 heteroatoms. The van der Waals surface area contributed by atoms with Crippen LogP contribution in [0.2, 0.25) is 0 Å². The van der Waals surface area contributed by atoms with E-state index >= 15 is 0 Å². The fraction of sp³-hybridized carbons (Fsp3) is 0.259. The van der Waals surface area contributed by atoms with Crippen LogP contribution >= 0.6 is 0 Å². The van der Waals surface area contributed by atoms with E-state index < -0.39 is 0 Å². The van der Waals surface area contributed by atoms with Gasteiger partial charge in [0.05, 0.1) is 12.8 Å². The van der Waals surface area contributed by atoms with Gasteiger partial charge in [-0.2, -0.15) is 0 Å². The highest BCUT2D eigenvalue weighted by atomic mass is 16.5. The van der Waals surface area contributed by atoms with Gasteiger partial charge in [0.15, 0.2) is 0 Å². The zero-order valence-corrected chi connectivity index (χ0v) is 18.5. The molecule has 0 bridgehead atoms. The predicted octanol–water partition coefficient (Wildman–Crippen LogP) is 4.76. The molecule has 162 valence electrons. The van der Waals surface area contributed by atoms with E-state index in [0.29, 0.717) is 13.0 Å². The molecule has 1 atom stereocenters. The van der Waals surface area contributed by atoms with Crippen LogP contribution in [0.5, 0.6) is 5.75 Å². The first-order valence-corrected chi connectivity index (χ1v) is 11.1. The zero-order chi connectivity index (χ0) is 22.1. The Morgan fingerprint density at radius 3 is 2.69 bits per heavy atom. The van der Waals surface area contributed by atoms with Crippen molar-refractivity contribution in [1.82, 2.24) is 14.3 Å². The van der Waals surface area contributed by atoms with Crippen molar-refractivity contribution in [2.75, 3.05) is 13.7 Å². The maximum atomic E-state index is 13.5. The van der Waals surface area contributed by atoms with Crippen LogP contribution in [0.4, 0.5) is 0 Å². The first kappa shape index (κ1) is 20.3. The van der Waals surface area contributed by atoms with Crippen LogP contribution in [-0.2, 0) is 17.8 Å². The van der Waals surface area contributed by atoms with Crippen molar-refractivity contribution < 1.29 is 9.53 Å². The number of rotatable bonds is 5. The third kappa shape index (κ3) is 3.64. The molecule has 0 N–H and O–H groups in total. The Labute approximate surface area is 188 Å². The Hall–Kier alpha value is -3.60. The number of hydrogen-bond donors (Lipinski definition) is 0. The summed E-state index contributed by atoms with van der Waals surface area (Å²) >= 11 is 0. The van der Waals surface area contributed by atoms with E-state index in [9.17, 15) is 4.79 Å². The van der Waals surface area contributed by atoms with E-state index in [-0.39, 0.29) is 11.8 Å². The van der Waals surface area contributed by atoms with Gasteiger partial charge in [0.1, 0.15) is 11.4 Å². The van der Waals surface area contributed by atoms with Gasteiger partial charge in [-0.3, -0.25) is 4.79 Å². The molecule has 4 aromatic rings. The van der Waals surface area contributed by atoms with Gasteiger partial charge >= 0.3 is 0 Å². The summed E-state index contributed by atoms with van der Waals surface area (Å²) in [6.45, 7) is 3.47. The number of ether oxygens (including phenoxy) is 1. The molecular weight excluding hydrogens is 398 g/mol. The molecule has 1 aliphatic heterocycles. The Kier molecular flexibility index (Phi) is 5.39. The van der Waals surface area contributed by atoms with Crippen LogP contribution in [0, 0.1) is 6.92 Å². The number of imidazole rings is 1.